The minimum absolute atomic E-state index is 0.199. The molecule has 0 N–H and O–H groups in total. The van der Waals surface area contributed by atoms with E-state index in [0.717, 1.165) is 50.1 Å². The fourth-order valence-electron chi connectivity index (χ4n) is 5.37. The van der Waals surface area contributed by atoms with Gasteiger partial charge in [-0.1, -0.05) is 61.9 Å². The summed E-state index contributed by atoms with van der Waals surface area (Å²) in [5.74, 6) is 1.50. The van der Waals surface area contributed by atoms with Crippen molar-refractivity contribution in [1.29, 1.82) is 0 Å². The Labute approximate surface area is 183 Å². The van der Waals surface area contributed by atoms with Gasteiger partial charge < -0.3 is 14.4 Å². The van der Waals surface area contributed by atoms with Crippen molar-refractivity contribution in [3.05, 3.63) is 59.2 Å². The summed E-state index contributed by atoms with van der Waals surface area (Å²) in [7, 11) is 3.36. The van der Waals surface area contributed by atoms with Gasteiger partial charge in [0, 0.05) is 6.54 Å². The number of benzene rings is 2. The monoisotopic (exact) mass is 425 g/mol. The third-order valence-corrected chi connectivity index (χ3v) is 8.13. The molecule has 1 saturated heterocycles. The Kier molecular flexibility index (Phi) is 5.75. The predicted octanol–water partition coefficient (Wildman–Crippen LogP) is 5.82. The number of unbranched alkanes of at least 4 members (excludes halogenated alkanes) is 1. The lowest BCUT2D eigenvalue weighted by Crippen LogP contribution is -2.57. The standard InChI is InChI=1S/C25H31NO3S/c1-5-6-13-25-20-16-22(29-4)21(28-3)15-19(20)12-14-26(25)23(27)30-24(25,2)17-18-10-8-7-9-11-18/h7-11,15-16H,5-6,12-14,17H2,1-4H3/t24-,25-/m1/s1. The Bertz CT molecular complexity index is 931. The third kappa shape index (κ3) is 3.18. The van der Waals surface area contributed by atoms with Gasteiger partial charge in [0.2, 0.25) is 0 Å². The lowest BCUT2D eigenvalue weighted by atomic mass is 9.67. The van der Waals surface area contributed by atoms with Crippen molar-refractivity contribution in [2.45, 2.75) is 56.2 Å². The number of methoxy groups -OCH3 is 2. The van der Waals surface area contributed by atoms with E-state index in [4.69, 9.17) is 9.47 Å². The van der Waals surface area contributed by atoms with Crippen LogP contribution in [0.15, 0.2) is 42.5 Å². The van der Waals surface area contributed by atoms with Crippen LogP contribution in [-0.4, -0.2) is 35.7 Å². The van der Waals surface area contributed by atoms with Crippen molar-refractivity contribution >= 4 is 17.0 Å². The number of ether oxygens (including phenoxy) is 2. The number of fused-ring (bicyclic) bond motifs is 3. The molecule has 0 spiro atoms. The van der Waals surface area contributed by atoms with Crippen molar-refractivity contribution in [1.82, 2.24) is 4.90 Å². The zero-order valence-corrected chi connectivity index (χ0v) is 19.2. The molecule has 0 radical (unpaired) electrons. The Morgan fingerprint density at radius 3 is 2.47 bits per heavy atom. The molecule has 2 aromatic rings. The molecule has 0 aliphatic carbocycles. The number of carbonyl (C=O) groups is 1. The van der Waals surface area contributed by atoms with Crippen molar-refractivity contribution in [2.75, 3.05) is 20.8 Å². The number of nitrogens with zero attached hydrogens (tertiary/aromatic N) is 1. The maximum Gasteiger partial charge on any atom is 0.283 e. The van der Waals surface area contributed by atoms with Crippen LogP contribution in [0.1, 0.15) is 49.8 Å². The molecule has 2 aromatic carbocycles. The van der Waals surface area contributed by atoms with Gasteiger partial charge in [0.05, 0.1) is 24.5 Å². The van der Waals surface area contributed by atoms with Crippen molar-refractivity contribution in [2.24, 2.45) is 0 Å². The molecule has 5 heteroatoms. The van der Waals surface area contributed by atoms with Gasteiger partial charge in [0.1, 0.15) is 0 Å². The Balaban J connectivity index is 1.92. The Morgan fingerprint density at radius 2 is 1.80 bits per heavy atom. The van der Waals surface area contributed by atoms with Gasteiger partial charge in [0.15, 0.2) is 11.5 Å². The van der Waals surface area contributed by atoms with E-state index in [1.54, 1.807) is 14.2 Å². The molecule has 1 amide bonds. The third-order valence-electron chi connectivity index (χ3n) is 6.80. The summed E-state index contributed by atoms with van der Waals surface area (Å²) in [5.41, 5.74) is 3.42. The molecule has 2 aliphatic heterocycles. The molecular weight excluding hydrogens is 394 g/mol. The minimum Gasteiger partial charge on any atom is -0.493 e. The molecule has 4 nitrogen and oxygen atoms in total. The summed E-state index contributed by atoms with van der Waals surface area (Å²) < 4.78 is 11.0. The highest BCUT2D eigenvalue weighted by molar-refractivity contribution is 8.15. The largest absolute Gasteiger partial charge is 0.493 e. The van der Waals surface area contributed by atoms with Crippen LogP contribution in [0.3, 0.4) is 0 Å². The van der Waals surface area contributed by atoms with E-state index in [2.05, 4.69) is 55.1 Å². The van der Waals surface area contributed by atoms with E-state index in [0.29, 0.717) is 0 Å². The van der Waals surface area contributed by atoms with E-state index in [9.17, 15) is 4.79 Å². The SMILES string of the molecule is CCCC[C@]12c3cc(OC)c(OC)cc3CCN1C(=O)S[C@]2(C)Cc1ccccc1. The summed E-state index contributed by atoms with van der Waals surface area (Å²) in [6.45, 7) is 5.25. The van der Waals surface area contributed by atoms with E-state index < -0.39 is 0 Å². The second kappa shape index (κ2) is 8.18. The van der Waals surface area contributed by atoms with Gasteiger partial charge in [-0.15, -0.1) is 0 Å². The van der Waals surface area contributed by atoms with Crippen molar-refractivity contribution in [3.63, 3.8) is 0 Å². The van der Waals surface area contributed by atoms with Crippen LogP contribution in [0.25, 0.3) is 0 Å². The molecule has 0 bridgehead atoms. The molecule has 160 valence electrons. The maximum atomic E-state index is 13.3. The molecule has 0 unspecified atom stereocenters. The molecule has 0 aromatic heterocycles. The van der Waals surface area contributed by atoms with Gasteiger partial charge >= 0.3 is 0 Å². The maximum absolute atomic E-state index is 13.3. The smallest absolute Gasteiger partial charge is 0.283 e. The van der Waals surface area contributed by atoms with Crippen LogP contribution < -0.4 is 9.47 Å². The average molecular weight is 426 g/mol. The Morgan fingerprint density at radius 1 is 1.10 bits per heavy atom. The van der Waals surface area contributed by atoms with Crippen LogP contribution in [0, 0.1) is 0 Å². The van der Waals surface area contributed by atoms with Crippen LogP contribution in [0.2, 0.25) is 0 Å². The number of carbonyl (C=O) groups excluding carboxylic acids is 1. The van der Waals surface area contributed by atoms with Crippen LogP contribution in [0.4, 0.5) is 4.79 Å². The van der Waals surface area contributed by atoms with Gasteiger partial charge in [-0.05, 0) is 55.0 Å². The van der Waals surface area contributed by atoms with Crippen molar-refractivity contribution in [3.8, 4) is 11.5 Å². The van der Waals surface area contributed by atoms with Gasteiger partial charge in [0.25, 0.3) is 5.24 Å². The van der Waals surface area contributed by atoms with E-state index >= 15 is 0 Å². The number of hydrogen-bond acceptors (Lipinski definition) is 4. The lowest BCUT2D eigenvalue weighted by Gasteiger charge is -2.51. The molecular formula is C25H31NO3S. The predicted molar refractivity (Wildman–Crippen MR) is 123 cm³/mol. The first-order chi connectivity index (χ1) is 14.5. The van der Waals surface area contributed by atoms with Gasteiger partial charge in [-0.2, -0.15) is 0 Å². The van der Waals surface area contributed by atoms with Gasteiger partial charge in [-0.25, -0.2) is 0 Å². The summed E-state index contributed by atoms with van der Waals surface area (Å²) in [4.78, 5) is 15.5. The fraction of sp³-hybridized carbons (Fsp3) is 0.480. The molecule has 1 fully saturated rings. The molecule has 2 heterocycles. The number of hydrogen-bond donors (Lipinski definition) is 0. The van der Waals surface area contributed by atoms with E-state index in [-0.39, 0.29) is 15.5 Å². The molecule has 2 aliphatic rings. The Hall–Kier alpha value is -2.14. The topological polar surface area (TPSA) is 38.8 Å². The molecule has 4 rings (SSSR count). The highest BCUT2D eigenvalue weighted by Gasteiger charge is 2.63. The van der Waals surface area contributed by atoms with E-state index in [1.807, 2.05) is 6.07 Å². The highest BCUT2D eigenvalue weighted by Crippen LogP contribution is 2.61. The normalized spacial score (nSPS) is 25.1. The second-order valence-electron chi connectivity index (χ2n) is 8.49. The average Bonchev–Trinajstić information content (AvgIpc) is 2.98. The quantitative estimate of drug-likeness (QED) is 0.561. The molecule has 30 heavy (non-hydrogen) atoms. The van der Waals surface area contributed by atoms with Crippen molar-refractivity contribution < 1.29 is 14.3 Å². The number of amides is 1. The first kappa shape index (κ1) is 21.1. The molecule has 0 saturated carbocycles. The first-order valence-electron chi connectivity index (χ1n) is 10.8. The fourth-order valence-corrected chi connectivity index (χ4v) is 6.84. The molecule has 2 atom stereocenters. The van der Waals surface area contributed by atoms with E-state index in [1.165, 1.54) is 28.5 Å². The second-order valence-corrected chi connectivity index (χ2v) is 9.95. The summed E-state index contributed by atoms with van der Waals surface area (Å²) in [6, 6.07) is 14.8. The van der Waals surface area contributed by atoms with Crippen LogP contribution in [0.5, 0.6) is 11.5 Å². The van der Waals surface area contributed by atoms with Gasteiger partial charge in [-0.3, -0.25) is 4.79 Å². The zero-order chi connectivity index (χ0) is 21.4. The highest BCUT2D eigenvalue weighted by atomic mass is 32.2. The van der Waals surface area contributed by atoms with Crippen LogP contribution >= 0.6 is 11.8 Å². The lowest BCUT2D eigenvalue weighted by molar-refractivity contribution is 0.0849. The number of thioether (sulfide) groups is 1. The zero-order valence-electron chi connectivity index (χ0n) is 18.4. The summed E-state index contributed by atoms with van der Waals surface area (Å²) >= 11 is 1.52. The minimum atomic E-state index is -0.353. The first-order valence-corrected chi connectivity index (χ1v) is 11.6. The summed E-state index contributed by atoms with van der Waals surface area (Å²) in [6.07, 6.45) is 4.81. The number of rotatable bonds is 7. The summed E-state index contributed by atoms with van der Waals surface area (Å²) in [5, 5.41) is 0.199. The van der Waals surface area contributed by atoms with Crippen LogP contribution in [-0.2, 0) is 18.4 Å².